The van der Waals surface area contributed by atoms with Crippen molar-refractivity contribution in [1.82, 2.24) is 15.1 Å². The van der Waals surface area contributed by atoms with Gasteiger partial charge in [0.25, 0.3) is 0 Å². The van der Waals surface area contributed by atoms with Gasteiger partial charge in [0.1, 0.15) is 0 Å². The normalized spacial score (nSPS) is 10.9. The van der Waals surface area contributed by atoms with Crippen LogP contribution < -0.4 is 5.32 Å². The maximum Gasteiger partial charge on any atom is 0.0571 e. The number of rotatable bonds is 4. The van der Waals surface area contributed by atoms with Gasteiger partial charge in [0.15, 0.2) is 0 Å². The summed E-state index contributed by atoms with van der Waals surface area (Å²) in [5.74, 6) is 0. The molecule has 1 aromatic carbocycles. The van der Waals surface area contributed by atoms with Crippen molar-refractivity contribution in [3.63, 3.8) is 0 Å². The van der Waals surface area contributed by atoms with Crippen molar-refractivity contribution in [2.75, 3.05) is 13.6 Å². The van der Waals surface area contributed by atoms with Gasteiger partial charge in [-0.1, -0.05) is 23.8 Å². The van der Waals surface area contributed by atoms with Crippen molar-refractivity contribution in [2.45, 2.75) is 27.3 Å². The van der Waals surface area contributed by atoms with E-state index in [0.717, 1.165) is 13.1 Å². The zero-order valence-electron chi connectivity index (χ0n) is 11.6. The van der Waals surface area contributed by atoms with Crippen molar-refractivity contribution in [1.29, 1.82) is 0 Å². The second-order valence-corrected chi connectivity index (χ2v) is 4.79. The van der Waals surface area contributed by atoms with Crippen LogP contribution >= 0.6 is 0 Å². The van der Waals surface area contributed by atoms with Crippen LogP contribution in [0.15, 0.2) is 24.4 Å². The first-order valence-electron chi connectivity index (χ1n) is 6.38. The minimum Gasteiger partial charge on any atom is -0.318 e. The summed E-state index contributed by atoms with van der Waals surface area (Å²) in [6.07, 6.45) is 1.98. The number of nitrogens with zero attached hydrogens (tertiary/aromatic N) is 2. The first-order valence-corrected chi connectivity index (χ1v) is 6.38. The molecule has 18 heavy (non-hydrogen) atoms. The summed E-state index contributed by atoms with van der Waals surface area (Å²) in [4.78, 5) is 0. The molecular weight excluding hydrogens is 222 g/mol. The standard InChI is InChI=1S/C15H21N3/c1-11-5-6-12(2)14(9-11)15-10-17-18(13(15)3)8-7-16-4/h5-6,9-10,16H,7-8H2,1-4H3. The third-order valence-corrected chi connectivity index (χ3v) is 3.36. The van der Waals surface area contributed by atoms with E-state index in [2.05, 4.69) is 54.1 Å². The van der Waals surface area contributed by atoms with E-state index in [0.29, 0.717) is 0 Å². The zero-order valence-corrected chi connectivity index (χ0v) is 11.6. The highest BCUT2D eigenvalue weighted by Crippen LogP contribution is 2.27. The molecule has 0 atom stereocenters. The summed E-state index contributed by atoms with van der Waals surface area (Å²) in [6.45, 7) is 8.27. The van der Waals surface area contributed by atoms with E-state index in [-0.39, 0.29) is 0 Å². The third-order valence-electron chi connectivity index (χ3n) is 3.36. The van der Waals surface area contributed by atoms with Crippen molar-refractivity contribution >= 4 is 0 Å². The number of hydrogen-bond donors (Lipinski definition) is 1. The molecule has 0 amide bonds. The summed E-state index contributed by atoms with van der Waals surface area (Å²) in [6, 6.07) is 6.57. The lowest BCUT2D eigenvalue weighted by atomic mass is 9.99. The Morgan fingerprint density at radius 1 is 1.17 bits per heavy atom. The van der Waals surface area contributed by atoms with Gasteiger partial charge < -0.3 is 5.32 Å². The van der Waals surface area contributed by atoms with Gasteiger partial charge in [-0.05, 0) is 38.9 Å². The molecule has 0 aliphatic rings. The predicted octanol–water partition coefficient (Wildman–Crippen LogP) is 2.69. The van der Waals surface area contributed by atoms with Crippen LogP contribution in [0, 0.1) is 20.8 Å². The van der Waals surface area contributed by atoms with Gasteiger partial charge in [0, 0.05) is 17.8 Å². The van der Waals surface area contributed by atoms with Gasteiger partial charge in [-0.2, -0.15) is 5.10 Å². The van der Waals surface area contributed by atoms with Crippen molar-refractivity contribution in [3.05, 3.63) is 41.2 Å². The van der Waals surface area contributed by atoms with E-state index in [1.165, 1.54) is 27.9 Å². The molecule has 0 saturated heterocycles. The summed E-state index contributed by atoms with van der Waals surface area (Å²) in [5, 5.41) is 7.63. The van der Waals surface area contributed by atoms with Crippen molar-refractivity contribution < 1.29 is 0 Å². The Kier molecular flexibility index (Phi) is 3.82. The fraction of sp³-hybridized carbons (Fsp3) is 0.400. The average Bonchev–Trinajstić information content (AvgIpc) is 2.71. The van der Waals surface area contributed by atoms with Crippen LogP contribution in [0.25, 0.3) is 11.1 Å². The number of nitrogens with one attached hydrogen (secondary N) is 1. The Hall–Kier alpha value is -1.61. The van der Waals surface area contributed by atoms with E-state index in [1.54, 1.807) is 0 Å². The van der Waals surface area contributed by atoms with Gasteiger partial charge in [0.2, 0.25) is 0 Å². The van der Waals surface area contributed by atoms with E-state index in [4.69, 9.17) is 0 Å². The van der Waals surface area contributed by atoms with Gasteiger partial charge in [-0.25, -0.2) is 0 Å². The van der Waals surface area contributed by atoms with Crippen LogP contribution in [0.4, 0.5) is 0 Å². The van der Waals surface area contributed by atoms with Crippen LogP contribution in [0.3, 0.4) is 0 Å². The van der Waals surface area contributed by atoms with Crippen molar-refractivity contribution in [2.24, 2.45) is 0 Å². The molecule has 3 nitrogen and oxygen atoms in total. The van der Waals surface area contributed by atoms with Crippen LogP contribution in [-0.2, 0) is 6.54 Å². The lowest BCUT2D eigenvalue weighted by molar-refractivity contribution is 0.572. The average molecular weight is 243 g/mol. The van der Waals surface area contributed by atoms with E-state index >= 15 is 0 Å². The maximum atomic E-state index is 4.48. The predicted molar refractivity (Wildman–Crippen MR) is 75.8 cm³/mol. The quantitative estimate of drug-likeness (QED) is 0.894. The molecule has 1 heterocycles. The molecule has 0 aliphatic heterocycles. The molecular formula is C15H21N3. The molecule has 0 spiro atoms. The van der Waals surface area contributed by atoms with Gasteiger partial charge in [-0.15, -0.1) is 0 Å². The molecule has 0 radical (unpaired) electrons. The zero-order chi connectivity index (χ0) is 13.1. The molecule has 2 aromatic rings. The highest BCUT2D eigenvalue weighted by atomic mass is 15.3. The summed E-state index contributed by atoms with van der Waals surface area (Å²) >= 11 is 0. The first kappa shape index (κ1) is 12.8. The number of likely N-dealkylation sites (N-methyl/N-ethyl adjacent to an activating group) is 1. The number of benzene rings is 1. The molecule has 0 unspecified atom stereocenters. The molecule has 3 heteroatoms. The number of aryl methyl sites for hydroxylation is 2. The minimum atomic E-state index is 0.910. The molecule has 0 bridgehead atoms. The molecule has 2 rings (SSSR count). The lowest BCUT2D eigenvalue weighted by Gasteiger charge is -2.08. The summed E-state index contributed by atoms with van der Waals surface area (Å²) < 4.78 is 2.06. The largest absolute Gasteiger partial charge is 0.318 e. The van der Waals surface area contributed by atoms with Crippen molar-refractivity contribution in [3.8, 4) is 11.1 Å². The topological polar surface area (TPSA) is 29.9 Å². The molecule has 1 N–H and O–H groups in total. The summed E-state index contributed by atoms with van der Waals surface area (Å²) in [7, 11) is 1.96. The second-order valence-electron chi connectivity index (χ2n) is 4.79. The molecule has 96 valence electrons. The monoisotopic (exact) mass is 243 g/mol. The van der Waals surface area contributed by atoms with Crippen LogP contribution in [0.5, 0.6) is 0 Å². The Morgan fingerprint density at radius 2 is 1.94 bits per heavy atom. The number of hydrogen-bond acceptors (Lipinski definition) is 2. The van der Waals surface area contributed by atoms with Crippen LogP contribution in [-0.4, -0.2) is 23.4 Å². The Morgan fingerprint density at radius 3 is 2.67 bits per heavy atom. The third kappa shape index (κ3) is 2.46. The van der Waals surface area contributed by atoms with E-state index < -0.39 is 0 Å². The van der Waals surface area contributed by atoms with Crippen LogP contribution in [0.1, 0.15) is 16.8 Å². The maximum absolute atomic E-state index is 4.48. The Labute approximate surface area is 109 Å². The molecule has 1 aromatic heterocycles. The first-order chi connectivity index (χ1) is 8.63. The fourth-order valence-electron chi connectivity index (χ4n) is 2.18. The van der Waals surface area contributed by atoms with Crippen LogP contribution in [0.2, 0.25) is 0 Å². The molecule has 0 fully saturated rings. The number of aromatic nitrogens is 2. The minimum absolute atomic E-state index is 0.910. The lowest BCUT2D eigenvalue weighted by Crippen LogP contribution is -2.16. The highest BCUT2D eigenvalue weighted by molar-refractivity contribution is 5.69. The van der Waals surface area contributed by atoms with Gasteiger partial charge in [-0.3, -0.25) is 4.68 Å². The van der Waals surface area contributed by atoms with E-state index in [9.17, 15) is 0 Å². The fourth-order valence-corrected chi connectivity index (χ4v) is 2.18. The second kappa shape index (κ2) is 5.36. The Balaban J connectivity index is 2.39. The summed E-state index contributed by atoms with van der Waals surface area (Å²) in [5.41, 5.74) is 6.37. The highest BCUT2D eigenvalue weighted by Gasteiger charge is 2.10. The SMILES string of the molecule is CNCCn1ncc(-c2cc(C)ccc2C)c1C. The van der Waals surface area contributed by atoms with Gasteiger partial charge >= 0.3 is 0 Å². The molecule has 0 saturated carbocycles. The smallest absolute Gasteiger partial charge is 0.0571 e. The Bertz CT molecular complexity index is 541. The van der Waals surface area contributed by atoms with E-state index in [1.807, 2.05) is 13.2 Å². The molecule has 0 aliphatic carbocycles. The van der Waals surface area contributed by atoms with Gasteiger partial charge in [0.05, 0.1) is 12.7 Å².